The number of anilines is 1. The predicted octanol–water partition coefficient (Wildman–Crippen LogP) is 3.15. The summed E-state index contributed by atoms with van der Waals surface area (Å²) in [5.41, 5.74) is 0.923. The number of carbonyl (C=O) groups is 3. The Morgan fingerprint density at radius 3 is 2.81 bits per heavy atom. The van der Waals surface area contributed by atoms with Crippen molar-refractivity contribution in [1.82, 2.24) is 4.98 Å². The number of thiophene rings is 1. The van der Waals surface area contributed by atoms with Gasteiger partial charge in [-0.25, -0.2) is 9.59 Å². The monoisotopic (exact) mass is 374 g/mol. The second kappa shape index (κ2) is 7.65. The van der Waals surface area contributed by atoms with Crippen molar-refractivity contribution >= 4 is 34.2 Å². The molecule has 2 aromatic heterocycles. The number of ether oxygens (including phenoxy) is 1. The molecule has 7 nitrogen and oxygen atoms in total. The maximum Gasteiger partial charge on any atom is 0.341 e. The molecule has 136 valence electrons. The van der Waals surface area contributed by atoms with E-state index in [0.717, 1.165) is 36.1 Å². The van der Waals surface area contributed by atoms with E-state index >= 15 is 0 Å². The number of hydrogen-bond acceptors (Lipinski definition) is 6. The molecule has 0 saturated heterocycles. The highest BCUT2D eigenvalue weighted by molar-refractivity contribution is 7.17. The predicted molar refractivity (Wildman–Crippen MR) is 96.1 cm³/mol. The van der Waals surface area contributed by atoms with Crippen molar-refractivity contribution in [3.63, 3.8) is 0 Å². The number of aryl methyl sites for hydroxylation is 1. The highest BCUT2D eigenvalue weighted by atomic mass is 32.1. The van der Waals surface area contributed by atoms with Crippen LogP contribution in [0.5, 0.6) is 0 Å². The first-order valence-electron chi connectivity index (χ1n) is 8.34. The number of rotatable bonds is 5. The molecular weight excluding hydrogens is 356 g/mol. The second-order valence-electron chi connectivity index (χ2n) is 5.79. The van der Waals surface area contributed by atoms with E-state index in [-0.39, 0.29) is 17.9 Å². The molecule has 1 aliphatic carbocycles. The standard InChI is InChI=1S/C18H18N2O5S/c1-2-25-18(24)13-10-6-3-4-8-12(10)26-16(13)20-15(21)14-11(17(22)23)7-5-9-19-14/h5,7,9H,2-4,6,8H2,1H3,(H,20,21)(H,22,23). The Kier molecular flexibility index (Phi) is 5.32. The summed E-state index contributed by atoms with van der Waals surface area (Å²) in [5, 5.41) is 12.3. The molecule has 0 saturated carbocycles. The molecular formula is C18H18N2O5S. The number of carbonyl (C=O) groups excluding carboxylic acids is 2. The Balaban J connectivity index is 1.97. The fourth-order valence-corrected chi connectivity index (χ4v) is 4.27. The molecule has 2 N–H and O–H groups in total. The van der Waals surface area contributed by atoms with Crippen molar-refractivity contribution in [2.45, 2.75) is 32.6 Å². The van der Waals surface area contributed by atoms with Crippen LogP contribution in [0.2, 0.25) is 0 Å². The van der Waals surface area contributed by atoms with Gasteiger partial charge in [-0.05, 0) is 50.3 Å². The van der Waals surface area contributed by atoms with Crippen LogP contribution in [0.3, 0.4) is 0 Å². The molecule has 0 bridgehead atoms. The summed E-state index contributed by atoms with van der Waals surface area (Å²) in [7, 11) is 0. The van der Waals surface area contributed by atoms with Gasteiger partial charge in [-0.3, -0.25) is 9.78 Å². The molecule has 8 heteroatoms. The zero-order valence-electron chi connectivity index (χ0n) is 14.2. The van der Waals surface area contributed by atoms with Gasteiger partial charge in [-0.15, -0.1) is 11.3 Å². The zero-order valence-corrected chi connectivity index (χ0v) is 15.0. The fraction of sp³-hybridized carbons (Fsp3) is 0.333. The number of carboxylic acids is 1. The molecule has 0 spiro atoms. The smallest absolute Gasteiger partial charge is 0.341 e. The van der Waals surface area contributed by atoms with Crippen molar-refractivity contribution < 1.29 is 24.2 Å². The number of fused-ring (bicyclic) bond motifs is 1. The lowest BCUT2D eigenvalue weighted by molar-refractivity contribution is 0.0526. The molecule has 0 atom stereocenters. The van der Waals surface area contributed by atoms with Gasteiger partial charge in [0.1, 0.15) is 10.7 Å². The van der Waals surface area contributed by atoms with Crippen molar-refractivity contribution in [2.75, 3.05) is 11.9 Å². The maximum absolute atomic E-state index is 12.6. The van der Waals surface area contributed by atoms with E-state index < -0.39 is 17.8 Å². The van der Waals surface area contributed by atoms with E-state index in [1.807, 2.05) is 0 Å². The van der Waals surface area contributed by atoms with Gasteiger partial charge >= 0.3 is 11.9 Å². The molecule has 1 aliphatic rings. The molecule has 3 rings (SSSR count). The van der Waals surface area contributed by atoms with E-state index in [1.165, 1.54) is 29.7 Å². The van der Waals surface area contributed by atoms with Gasteiger partial charge in [0.05, 0.1) is 17.7 Å². The number of aromatic carboxylic acids is 1. The first-order valence-corrected chi connectivity index (χ1v) is 9.15. The normalized spacial score (nSPS) is 13.0. The van der Waals surface area contributed by atoms with Crippen LogP contribution in [-0.2, 0) is 17.6 Å². The van der Waals surface area contributed by atoms with Crippen LogP contribution >= 0.6 is 11.3 Å². The Morgan fingerprint density at radius 2 is 2.08 bits per heavy atom. The van der Waals surface area contributed by atoms with E-state index in [9.17, 15) is 19.5 Å². The van der Waals surface area contributed by atoms with E-state index in [4.69, 9.17) is 4.74 Å². The number of esters is 1. The highest BCUT2D eigenvalue weighted by Gasteiger charge is 2.28. The number of carboxylic acid groups (broad SMARTS) is 1. The summed E-state index contributed by atoms with van der Waals surface area (Å²) in [6.07, 6.45) is 4.98. The van der Waals surface area contributed by atoms with Gasteiger partial charge in [-0.2, -0.15) is 0 Å². The number of nitrogens with zero attached hydrogens (tertiary/aromatic N) is 1. The van der Waals surface area contributed by atoms with Crippen LogP contribution in [0.1, 0.15) is 61.4 Å². The minimum atomic E-state index is -1.24. The quantitative estimate of drug-likeness (QED) is 0.779. The largest absolute Gasteiger partial charge is 0.478 e. The summed E-state index contributed by atoms with van der Waals surface area (Å²) in [6.45, 7) is 1.96. The number of hydrogen-bond donors (Lipinski definition) is 2. The lowest BCUT2D eigenvalue weighted by Crippen LogP contribution is -2.19. The van der Waals surface area contributed by atoms with Gasteiger partial charge in [0.25, 0.3) is 5.91 Å². The first kappa shape index (κ1) is 18.1. The van der Waals surface area contributed by atoms with E-state index in [2.05, 4.69) is 10.3 Å². The molecule has 2 aromatic rings. The third-order valence-corrected chi connectivity index (χ3v) is 5.34. The Hall–Kier alpha value is -2.74. The van der Waals surface area contributed by atoms with Crippen LogP contribution in [0.4, 0.5) is 5.00 Å². The Morgan fingerprint density at radius 1 is 1.31 bits per heavy atom. The molecule has 0 unspecified atom stereocenters. The van der Waals surface area contributed by atoms with Crippen LogP contribution in [0, 0.1) is 0 Å². The van der Waals surface area contributed by atoms with Gasteiger partial charge in [0, 0.05) is 11.1 Å². The lowest BCUT2D eigenvalue weighted by Gasteiger charge is -2.12. The van der Waals surface area contributed by atoms with Crippen molar-refractivity contribution in [1.29, 1.82) is 0 Å². The Bertz CT molecular complexity index is 874. The molecule has 1 amide bonds. The van der Waals surface area contributed by atoms with Crippen LogP contribution < -0.4 is 5.32 Å². The summed E-state index contributed by atoms with van der Waals surface area (Å²) < 4.78 is 5.15. The van der Waals surface area contributed by atoms with Crippen LogP contribution in [-0.4, -0.2) is 34.5 Å². The summed E-state index contributed by atoms with van der Waals surface area (Å²) in [6, 6.07) is 2.77. The first-order chi connectivity index (χ1) is 12.5. The van der Waals surface area contributed by atoms with Gasteiger partial charge < -0.3 is 15.2 Å². The maximum atomic E-state index is 12.6. The molecule has 0 aliphatic heterocycles. The summed E-state index contributed by atoms with van der Waals surface area (Å²) in [5.74, 6) is -2.37. The number of nitrogens with one attached hydrogen (secondary N) is 1. The number of aromatic nitrogens is 1. The average Bonchev–Trinajstić information content (AvgIpc) is 2.99. The highest BCUT2D eigenvalue weighted by Crippen LogP contribution is 2.38. The van der Waals surface area contributed by atoms with Crippen molar-refractivity contribution in [2.24, 2.45) is 0 Å². The van der Waals surface area contributed by atoms with Crippen molar-refractivity contribution in [3.05, 3.63) is 45.6 Å². The molecule has 0 radical (unpaired) electrons. The Labute approximate surface area is 154 Å². The molecule has 26 heavy (non-hydrogen) atoms. The minimum absolute atomic E-state index is 0.191. The minimum Gasteiger partial charge on any atom is -0.478 e. The average molecular weight is 374 g/mol. The molecule has 2 heterocycles. The SMILES string of the molecule is CCOC(=O)c1c(NC(=O)c2ncccc2C(=O)O)sc2c1CCCC2. The second-order valence-corrected chi connectivity index (χ2v) is 6.90. The lowest BCUT2D eigenvalue weighted by atomic mass is 9.95. The third-order valence-electron chi connectivity index (χ3n) is 4.13. The molecule has 0 aromatic carbocycles. The van der Waals surface area contributed by atoms with Gasteiger partial charge in [0.2, 0.25) is 0 Å². The topological polar surface area (TPSA) is 106 Å². The zero-order chi connectivity index (χ0) is 18.7. The van der Waals surface area contributed by atoms with Crippen LogP contribution in [0.15, 0.2) is 18.3 Å². The third kappa shape index (κ3) is 3.45. The fourth-order valence-electron chi connectivity index (χ4n) is 2.99. The van der Waals surface area contributed by atoms with E-state index in [1.54, 1.807) is 6.92 Å². The molecule has 0 fully saturated rings. The number of amides is 1. The van der Waals surface area contributed by atoms with Crippen LogP contribution in [0.25, 0.3) is 0 Å². The summed E-state index contributed by atoms with van der Waals surface area (Å²) in [4.78, 5) is 41.3. The van der Waals surface area contributed by atoms with Gasteiger partial charge in [0.15, 0.2) is 0 Å². The van der Waals surface area contributed by atoms with Crippen molar-refractivity contribution in [3.8, 4) is 0 Å². The van der Waals surface area contributed by atoms with E-state index in [0.29, 0.717) is 10.6 Å². The number of pyridine rings is 1. The van der Waals surface area contributed by atoms with Gasteiger partial charge in [-0.1, -0.05) is 0 Å². The summed E-state index contributed by atoms with van der Waals surface area (Å²) >= 11 is 1.35.